The molecule has 4 aromatic rings. The number of hydrogen-bond donors (Lipinski definition) is 2. The van der Waals surface area contributed by atoms with Crippen LogP contribution in [0.3, 0.4) is 0 Å². The lowest BCUT2D eigenvalue weighted by atomic mass is 10.2. The molecule has 2 N–H and O–H groups in total. The van der Waals surface area contributed by atoms with E-state index in [1.165, 1.54) is 0 Å². The molecule has 0 amide bonds. The van der Waals surface area contributed by atoms with Gasteiger partial charge in [-0.2, -0.15) is 0 Å². The molecule has 0 radical (unpaired) electrons. The molecule has 7 nitrogen and oxygen atoms in total. The van der Waals surface area contributed by atoms with E-state index in [1.807, 2.05) is 18.2 Å². The fourth-order valence-electron chi connectivity index (χ4n) is 2.85. The quantitative estimate of drug-likeness (QED) is 0.596. The summed E-state index contributed by atoms with van der Waals surface area (Å²) >= 11 is 0. The highest BCUT2D eigenvalue weighted by Gasteiger charge is 2.24. The van der Waals surface area contributed by atoms with Crippen LogP contribution in [0.4, 0.5) is 5.69 Å². The van der Waals surface area contributed by atoms with Crippen LogP contribution >= 0.6 is 0 Å². The van der Waals surface area contributed by atoms with E-state index in [0.717, 1.165) is 21.9 Å². The monoisotopic (exact) mass is 342 g/mol. The largest absolute Gasteiger partial charge is 0.360 e. The number of H-pyrrole nitrogens is 1. The van der Waals surface area contributed by atoms with E-state index in [1.54, 1.807) is 32.2 Å². The van der Waals surface area contributed by atoms with Crippen LogP contribution in [0.15, 0.2) is 45.9 Å². The van der Waals surface area contributed by atoms with Crippen LogP contribution < -0.4 is 4.72 Å². The van der Waals surface area contributed by atoms with Gasteiger partial charge in [-0.05, 0) is 44.2 Å². The molecule has 3 aromatic heterocycles. The second-order valence-electron chi connectivity index (χ2n) is 5.54. The van der Waals surface area contributed by atoms with Crippen LogP contribution in [-0.4, -0.2) is 23.5 Å². The number of aryl methyl sites for hydroxylation is 2. The average Bonchev–Trinajstić information content (AvgIpc) is 3.07. The maximum absolute atomic E-state index is 12.6. The summed E-state index contributed by atoms with van der Waals surface area (Å²) in [4.78, 5) is 7.54. The Morgan fingerprint density at radius 2 is 2.00 bits per heavy atom. The zero-order valence-corrected chi connectivity index (χ0v) is 13.8. The van der Waals surface area contributed by atoms with Crippen LogP contribution in [0.25, 0.3) is 21.9 Å². The zero-order chi connectivity index (χ0) is 16.9. The Labute approximate surface area is 137 Å². The number of pyridine rings is 1. The molecule has 0 aliphatic heterocycles. The van der Waals surface area contributed by atoms with E-state index >= 15 is 0 Å². The number of anilines is 1. The molecule has 0 fully saturated rings. The molecule has 8 heteroatoms. The minimum Gasteiger partial charge on any atom is -0.360 e. The number of hydrogen-bond acceptors (Lipinski definition) is 5. The Morgan fingerprint density at radius 1 is 1.17 bits per heavy atom. The molecule has 24 heavy (non-hydrogen) atoms. The second-order valence-corrected chi connectivity index (χ2v) is 7.16. The number of nitrogens with one attached hydrogen (secondary N) is 2. The number of benzene rings is 1. The summed E-state index contributed by atoms with van der Waals surface area (Å²) in [7, 11) is -3.77. The highest BCUT2D eigenvalue weighted by molar-refractivity contribution is 7.92. The van der Waals surface area contributed by atoms with Crippen LogP contribution in [0, 0.1) is 13.8 Å². The van der Waals surface area contributed by atoms with Gasteiger partial charge in [0.1, 0.15) is 11.3 Å². The van der Waals surface area contributed by atoms with Crippen molar-refractivity contribution in [1.82, 2.24) is 15.1 Å². The standard InChI is InChI=1S/C16H14N4O3S/c1-9-15(10(2)23-19-9)24(21,22)20-11-5-6-14-13(8-11)12-4-3-7-17-16(12)18-14/h3-8,20H,1-2H3,(H,17,18). The summed E-state index contributed by atoms with van der Waals surface area (Å²) in [5.74, 6) is 0.261. The fourth-order valence-corrected chi connectivity index (χ4v) is 4.24. The minimum atomic E-state index is -3.77. The van der Waals surface area contributed by atoms with Crippen LogP contribution in [-0.2, 0) is 10.0 Å². The average molecular weight is 342 g/mol. The van der Waals surface area contributed by atoms with Gasteiger partial charge in [0.05, 0.1) is 0 Å². The van der Waals surface area contributed by atoms with Gasteiger partial charge in [-0.3, -0.25) is 4.72 Å². The van der Waals surface area contributed by atoms with Crippen molar-refractivity contribution in [2.24, 2.45) is 0 Å². The lowest BCUT2D eigenvalue weighted by Gasteiger charge is -2.07. The number of sulfonamides is 1. The molecule has 0 unspecified atom stereocenters. The third-order valence-electron chi connectivity index (χ3n) is 3.86. The summed E-state index contributed by atoms with van der Waals surface area (Å²) in [6.45, 7) is 3.17. The first-order valence-electron chi connectivity index (χ1n) is 7.28. The van der Waals surface area contributed by atoms with Crippen molar-refractivity contribution in [2.45, 2.75) is 18.7 Å². The van der Waals surface area contributed by atoms with Gasteiger partial charge >= 0.3 is 0 Å². The van der Waals surface area contributed by atoms with Gasteiger partial charge in [-0.25, -0.2) is 13.4 Å². The van der Waals surface area contributed by atoms with Crippen molar-refractivity contribution in [3.63, 3.8) is 0 Å². The SMILES string of the molecule is Cc1noc(C)c1S(=O)(=O)Nc1ccc2[nH]c3ncccc3c2c1. The minimum absolute atomic E-state index is 0.0724. The van der Waals surface area contributed by atoms with Crippen LogP contribution in [0.5, 0.6) is 0 Å². The third-order valence-corrected chi connectivity index (χ3v) is 5.48. The Morgan fingerprint density at radius 3 is 2.75 bits per heavy atom. The molecule has 0 aliphatic carbocycles. The van der Waals surface area contributed by atoms with Crippen molar-refractivity contribution in [1.29, 1.82) is 0 Å². The normalized spacial score (nSPS) is 12.1. The van der Waals surface area contributed by atoms with Gasteiger partial charge in [0.25, 0.3) is 10.0 Å². The van der Waals surface area contributed by atoms with E-state index in [2.05, 4.69) is 19.8 Å². The van der Waals surface area contributed by atoms with E-state index in [4.69, 9.17) is 4.52 Å². The Bertz CT molecular complexity index is 1160. The highest BCUT2D eigenvalue weighted by Crippen LogP contribution is 2.28. The molecular formula is C16H14N4O3S. The smallest absolute Gasteiger partial charge is 0.267 e. The summed E-state index contributed by atoms with van der Waals surface area (Å²) in [5, 5.41) is 5.54. The molecule has 0 bridgehead atoms. The second kappa shape index (κ2) is 5.07. The number of aromatic nitrogens is 3. The van der Waals surface area contributed by atoms with Crippen molar-refractivity contribution < 1.29 is 12.9 Å². The van der Waals surface area contributed by atoms with Gasteiger partial charge in [0, 0.05) is 28.2 Å². The molecule has 0 saturated carbocycles. The van der Waals surface area contributed by atoms with Crippen molar-refractivity contribution in [3.8, 4) is 0 Å². The molecule has 0 aliphatic rings. The van der Waals surface area contributed by atoms with Gasteiger partial charge < -0.3 is 9.51 Å². The summed E-state index contributed by atoms with van der Waals surface area (Å²) in [6, 6.07) is 9.09. The maximum atomic E-state index is 12.6. The summed E-state index contributed by atoms with van der Waals surface area (Å²) in [6.07, 6.45) is 1.71. The van der Waals surface area contributed by atoms with Crippen LogP contribution in [0.2, 0.25) is 0 Å². The number of aromatic amines is 1. The van der Waals surface area contributed by atoms with Gasteiger partial charge in [-0.15, -0.1) is 0 Å². The van der Waals surface area contributed by atoms with Gasteiger partial charge in [0.15, 0.2) is 10.7 Å². The molecule has 3 heterocycles. The molecule has 1 aromatic carbocycles. The Hall–Kier alpha value is -2.87. The first-order valence-corrected chi connectivity index (χ1v) is 8.76. The van der Waals surface area contributed by atoms with Crippen molar-refractivity contribution >= 4 is 37.6 Å². The van der Waals surface area contributed by atoms with E-state index in [9.17, 15) is 8.42 Å². The predicted octanol–water partition coefficient (Wildman–Crippen LogP) is 3.12. The third kappa shape index (κ3) is 2.23. The zero-order valence-electron chi connectivity index (χ0n) is 13.0. The Kier molecular flexibility index (Phi) is 3.10. The predicted molar refractivity (Wildman–Crippen MR) is 90.4 cm³/mol. The number of fused-ring (bicyclic) bond motifs is 3. The van der Waals surface area contributed by atoms with Crippen molar-refractivity contribution in [3.05, 3.63) is 48.0 Å². The van der Waals surface area contributed by atoms with Gasteiger partial charge in [-0.1, -0.05) is 5.16 Å². The van der Waals surface area contributed by atoms with Crippen molar-refractivity contribution in [2.75, 3.05) is 4.72 Å². The molecule has 0 saturated heterocycles. The first-order chi connectivity index (χ1) is 11.5. The summed E-state index contributed by atoms with van der Waals surface area (Å²) < 4.78 is 32.8. The van der Waals surface area contributed by atoms with Crippen LogP contribution in [0.1, 0.15) is 11.5 Å². The number of nitrogens with zero attached hydrogens (tertiary/aromatic N) is 2. The van der Waals surface area contributed by atoms with Gasteiger partial charge in [0.2, 0.25) is 0 Å². The van der Waals surface area contributed by atoms with E-state index < -0.39 is 10.0 Å². The topological polar surface area (TPSA) is 101 Å². The number of rotatable bonds is 3. The molecule has 0 spiro atoms. The molecule has 0 atom stereocenters. The Balaban J connectivity index is 1.81. The maximum Gasteiger partial charge on any atom is 0.267 e. The molecule has 4 rings (SSSR count). The molecular weight excluding hydrogens is 328 g/mol. The van der Waals surface area contributed by atoms with E-state index in [-0.39, 0.29) is 10.7 Å². The lowest BCUT2D eigenvalue weighted by Crippen LogP contribution is -2.14. The fraction of sp³-hybridized carbons (Fsp3) is 0.125. The van der Waals surface area contributed by atoms with E-state index in [0.29, 0.717) is 11.4 Å². The highest BCUT2D eigenvalue weighted by atomic mass is 32.2. The lowest BCUT2D eigenvalue weighted by molar-refractivity contribution is 0.390. The summed E-state index contributed by atoms with van der Waals surface area (Å²) in [5.41, 5.74) is 2.45. The first kappa shape index (κ1) is 14.7. The molecule has 122 valence electrons.